The van der Waals surface area contributed by atoms with Crippen LogP contribution < -0.4 is 10.6 Å². The number of anilines is 3. The summed E-state index contributed by atoms with van der Waals surface area (Å²) in [6.45, 7) is 7.33. The highest BCUT2D eigenvalue weighted by molar-refractivity contribution is 9.10. The Hall–Kier alpha value is -2.40. The zero-order chi connectivity index (χ0) is 24.1. The van der Waals surface area contributed by atoms with Gasteiger partial charge in [0.1, 0.15) is 5.82 Å². The van der Waals surface area contributed by atoms with Crippen LogP contribution in [0.5, 0.6) is 0 Å². The molecular formula is C23H36BrN9O. The number of nitrogens with zero attached hydrogens (tertiary/aromatic N) is 7. The molecule has 10 nitrogen and oxygen atoms in total. The Labute approximate surface area is 210 Å². The second-order valence-electron chi connectivity index (χ2n) is 9.34. The third kappa shape index (κ3) is 6.18. The van der Waals surface area contributed by atoms with Gasteiger partial charge in [-0.05, 0) is 75.1 Å². The van der Waals surface area contributed by atoms with Crippen LogP contribution in [0.1, 0.15) is 43.8 Å². The van der Waals surface area contributed by atoms with Crippen molar-refractivity contribution in [3.05, 3.63) is 22.6 Å². The molecule has 0 aliphatic carbocycles. The van der Waals surface area contributed by atoms with Crippen molar-refractivity contribution in [2.75, 3.05) is 64.0 Å². The Balaban J connectivity index is 1.32. The third-order valence-electron chi connectivity index (χ3n) is 6.64. The average molecular weight is 535 g/mol. The predicted octanol–water partition coefficient (Wildman–Crippen LogP) is 3.70. The Kier molecular flexibility index (Phi) is 8.25. The first-order chi connectivity index (χ1) is 16.4. The lowest BCUT2D eigenvalue weighted by Gasteiger charge is -2.28. The van der Waals surface area contributed by atoms with Crippen LogP contribution in [-0.4, -0.2) is 93.8 Å². The van der Waals surface area contributed by atoms with Gasteiger partial charge in [0, 0.05) is 45.6 Å². The highest BCUT2D eigenvalue weighted by Gasteiger charge is 2.21. The zero-order valence-electron chi connectivity index (χ0n) is 20.4. The number of amides is 2. The molecule has 4 rings (SSSR count). The van der Waals surface area contributed by atoms with Gasteiger partial charge in [-0.25, -0.2) is 9.78 Å². The lowest BCUT2D eigenvalue weighted by Crippen LogP contribution is -2.40. The molecule has 0 spiro atoms. The summed E-state index contributed by atoms with van der Waals surface area (Å²) >= 11 is 3.54. The monoisotopic (exact) mass is 533 g/mol. The van der Waals surface area contributed by atoms with Crippen molar-refractivity contribution >= 4 is 39.4 Å². The molecule has 11 heteroatoms. The van der Waals surface area contributed by atoms with E-state index < -0.39 is 0 Å². The van der Waals surface area contributed by atoms with Crippen LogP contribution in [0.4, 0.5) is 22.2 Å². The highest BCUT2D eigenvalue weighted by Crippen LogP contribution is 2.27. The molecule has 2 N–H and O–H groups in total. The molecule has 0 saturated carbocycles. The van der Waals surface area contributed by atoms with E-state index in [1.165, 1.54) is 0 Å². The molecule has 0 atom stereocenters. The Morgan fingerprint density at radius 3 is 2.71 bits per heavy atom. The van der Waals surface area contributed by atoms with E-state index in [0.717, 1.165) is 93.0 Å². The maximum atomic E-state index is 12.4. The second-order valence-corrected chi connectivity index (χ2v) is 10.2. The van der Waals surface area contributed by atoms with Crippen molar-refractivity contribution in [2.24, 2.45) is 0 Å². The van der Waals surface area contributed by atoms with Crippen LogP contribution in [0.25, 0.3) is 0 Å². The van der Waals surface area contributed by atoms with Gasteiger partial charge < -0.3 is 25.3 Å². The van der Waals surface area contributed by atoms with Gasteiger partial charge in [0.15, 0.2) is 0 Å². The van der Waals surface area contributed by atoms with Crippen molar-refractivity contribution in [1.82, 2.24) is 34.4 Å². The number of aromatic nitrogens is 4. The third-order valence-corrected chi connectivity index (χ3v) is 7.22. The van der Waals surface area contributed by atoms with E-state index in [2.05, 4.69) is 59.4 Å². The lowest BCUT2D eigenvalue weighted by atomic mass is 10.1. The first-order valence-electron chi connectivity index (χ1n) is 12.2. The number of likely N-dealkylation sites (tertiary alicyclic amines) is 1. The van der Waals surface area contributed by atoms with Crippen molar-refractivity contribution in [1.29, 1.82) is 0 Å². The van der Waals surface area contributed by atoms with Gasteiger partial charge >= 0.3 is 6.03 Å². The molecule has 0 bridgehead atoms. The molecule has 34 heavy (non-hydrogen) atoms. The zero-order valence-corrected chi connectivity index (χ0v) is 22.0. The van der Waals surface area contributed by atoms with Crippen LogP contribution in [0.2, 0.25) is 0 Å². The summed E-state index contributed by atoms with van der Waals surface area (Å²) in [6, 6.07) is 0.563. The number of carbonyl (C=O) groups is 1. The Morgan fingerprint density at radius 1 is 1.15 bits per heavy atom. The van der Waals surface area contributed by atoms with Crippen molar-refractivity contribution < 1.29 is 4.79 Å². The number of nitrogens with one attached hydrogen (secondary N) is 2. The minimum absolute atomic E-state index is 0.128. The molecule has 2 aromatic heterocycles. The van der Waals surface area contributed by atoms with E-state index in [1.54, 1.807) is 6.20 Å². The summed E-state index contributed by atoms with van der Waals surface area (Å²) in [6.07, 6.45) is 9.02. The second kappa shape index (κ2) is 11.4. The van der Waals surface area contributed by atoms with Crippen LogP contribution in [-0.2, 0) is 0 Å². The minimum atomic E-state index is 0.128. The lowest BCUT2D eigenvalue weighted by molar-refractivity contribution is 0.172. The van der Waals surface area contributed by atoms with Gasteiger partial charge in [-0.1, -0.05) is 0 Å². The van der Waals surface area contributed by atoms with Gasteiger partial charge in [-0.2, -0.15) is 10.1 Å². The first-order valence-corrected chi connectivity index (χ1v) is 13.0. The standard InChI is InChI=1S/C23H36BrN9O/c1-17-20(16-33(29-17)18-7-13-30(2)14-8-18)27-22-26-15-19(24)21(28-22)25-9-6-12-32-11-5-4-10-31(3)23(32)34/h15-16,18H,4-14H2,1-3H3,(H2,25,26,27,28). The maximum absolute atomic E-state index is 12.4. The fourth-order valence-corrected chi connectivity index (χ4v) is 4.82. The van der Waals surface area contributed by atoms with E-state index in [-0.39, 0.29) is 6.03 Å². The van der Waals surface area contributed by atoms with Crippen molar-refractivity contribution in [3.8, 4) is 0 Å². The van der Waals surface area contributed by atoms with E-state index in [1.807, 2.05) is 23.8 Å². The molecule has 2 fully saturated rings. The molecule has 2 saturated heterocycles. The predicted molar refractivity (Wildman–Crippen MR) is 138 cm³/mol. The summed E-state index contributed by atoms with van der Waals surface area (Å²) in [7, 11) is 4.05. The Morgan fingerprint density at radius 2 is 1.91 bits per heavy atom. The maximum Gasteiger partial charge on any atom is 0.319 e. The summed E-state index contributed by atoms with van der Waals surface area (Å²) in [5.41, 5.74) is 1.86. The number of hydrogen-bond acceptors (Lipinski definition) is 7. The van der Waals surface area contributed by atoms with Crippen molar-refractivity contribution in [3.63, 3.8) is 0 Å². The molecule has 0 radical (unpaired) electrons. The van der Waals surface area contributed by atoms with Gasteiger partial charge in [-0.15, -0.1) is 0 Å². The topological polar surface area (TPSA) is 94.5 Å². The molecule has 2 aliphatic rings. The van der Waals surface area contributed by atoms with Gasteiger partial charge in [-0.3, -0.25) is 4.68 Å². The molecule has 4 heterocycles. The number of carbonyl (C=O) groups excluding carboxylic acids is 1. The van der Waals surface area contributed by atoms with Gasteiger partial charge in [0.25, 0.3) is 0 Å². The van der Waals surface area contributed by atoms with E-state index in [4.69, 9.17) is 5.10 Å². The smallest absolute Gasteiger partial charge is 0.319 e. The summed E-state index contributed by atoms with van der Waals surface area (Å²) < 4.78 is 2.90. The normalized spacial score (nSPS) is 18.3. The van der Waals surface area contributed by atoms with E-state index in [9.17, 15) is 4.79 Å². The van der Waals surface area contributed by atoms with Crippen LogP contribution in [0.3, 0.4) is 0 Å². The molecule has 2 amide bonds. The number of rotatable bonds is 8. The molecule has 2 aliphatic heterocycles. The SMILES string of the molecule is Cc1nn(C2CCN(C)CC2)cc1Nc1ncc(Br)c(NCCCN2CCCCN(C)C2=O)n1. The number of halogens is 1. The van der Waals surface area contributed by atoms with Crippen LogP contribution in [0, 0.1) is 6.92 Å². The van der Waals surface area contributed by atoms with Crippen LogP contribution >= 0.6 is 15.9 Å². The first kappa shape index (κ1) is 24.7. The minimum Gasteiger partial charge on any atom is -0.369 e. The Bertz CT molecular complexity index is 973. The van der Waals surface area contributed by atoms with Crippen LogP contribution in [0.15, 0.2) is 16.9 Å². The molecule has 2 aromatic rings. The average Bonchev–Trinajstić information content (AvgIpc) is 3.11. The number of urea groups is 1. The molecule has 0 aromatic carbocycles. The summed E-state index contributed by atoms with van der Waals surface area (Å²) in [4.78, 5) is 27.6. The fraction of sp³-hybridized carbons (Fsp3) is 0.652. The van der Waals surface area contributed by atoms with E-state index >= 15 is 0 Å². The summed E-state index contributed by atoms with van der Waals surface area (Å²) in [5.74, 6) is 1.26. The van der Waals surface area contributed by atoms with E-state index in [0.29, 0.717) is 12.0 Å². The fourth-order valence-electron chi connectivity index (χ4n) is 4.49. The largest absolute Gasteiger partial charge is 0.369 e. The molecular weight excluding hydrogens is 498 g/mol. The van der Waals surface area contributed by atoms with Gasteiger partial charge in [0.05, 0.1) is 21.9 Å². The highest BCUT2D eigenvalue weighted by atomic mass is 79.9. The number of piperidine rings is 1. The quantitative estimate of drug-likeness (QED) is 0.499. The summed E-state index contributed by atoms with van der Waals surface area (Å²) in [5, 5.41) is 11.5. The number of aryl methyl sites for hydroxylation is 1. The molecule has 0 unspecified atom stereocenters. The number of hydrogen-bond donors (Lipinski definition) is 2. The van der Waals surface area contributed by atoms with Crippen molar-refractivity contribution in [2.45, 2.75) is 45.1 Å². The molecule has 186 valence electrons. The van der Waals surface area contributed by atoms with Gasteiger partial charge in [0.2, 0.25) is 5.95 Å².